The van der Waals surface area contributed by atoms with Gasteiger partial charge in [0.1, 0.15) is 6.17 Å². The van der Waals surface area contributed by atoms with Gasteiger partial charge in [0.2, 0.25) is 0 Å². The fraction of sp³-hybridized carbons (Fsp3) is 0.440. The van der Waals surface area contributed by atoms with Crippen molar-refractivity contribution < 1.29 is 0 Å². The van der Waals surface area contributed by atoms with Crippen LogP contribution >= 0.6 is 0 Å². The van der Waals surface area contributed by atoms with E-state index in [1.807, 2.05) is 0 Å². The highest BCUT2D eigenvalue weighted by Gasteiger charge is 2.34. The molecule has 1 aliphatic heterocycles. The van der Waals surface area contributed by atoms with Crippen LogP contribution in [0.15, 0.2) is 36.7 Å². The zero-order valence-corrected chi connectivity index (χ0v) is 19.0. The van der Waals surface area contributed by atoms with Gasteiger partial charge in [0.15, 0.2) is 0 Å². The molecule has 150 valence electrons. The molecule has 0 N–H and O–H groups in total. The van der Waals surface area contributed by atoms with Gasteiger partial charge in [-0.3, -0.25) is 0 Å². The SMILES string of the molecule is Cc1cc(C)c(N2C=CN(c3c(C)cc(N(C)C)cc3C)C2C(C)C)c(C)c1. The fourth-order valence-corrected chi connectivity index (χ4v) is 4.69. The van der Waals surface area contributed by atoms with Crippen LogP contribution in [-0.2, 0) is 0 Å². The molecule has 2 aromatic rings. The lowest BCUT2D eigenvalue weighted by Gasteiger charge is -2.38. The molecular formula is C25H35N3. The molecule has 0 aromatic heterocycles. The monoisotopic (exact) mass is 377 g/mol. The van der Waals surface area contributed by atoms with E-state index in [9.17, 15) is 0 Å². The Bertz CT molecular complexity index is 862. The zero-order chi connectivity index (χ0) is 20.7. The maximum absolute atomic E-state index is 2.47. The molecule has 0 amide bonds. The first kappa shape index (κ1) is 20.3. The van der Waals surface area contributed by atoms with Crippen molar-refractivity contribution in [2.75, 3.05) is 28.8 Å². The van der Waals surface area contributed by atoms with E-state index >= 15 is 0 Å². The van der Waals surface area contributed by atoms with Crippen LogP contribution in [0.25, 0.3) is 0 Å². The molecule has 28 heavy (non-hydrogen) atoms. The normalized spacial score (nSPS) is 16.4. The van der Waals surface area contributed by atoms with E-state index in [0.29, 0.717) is 5.92 Å². The number of hydrogen-bond donors (Lipinski definition) is 0. The Kier molecular flexibility index (Phi) is 5.47. The molecule has 1 atom stereocenters. The standard InChI is InChI=1S/C25H35N3/c1-16(2)25-27(23-18(4)12-17(3)13-19(23)5)10-11-28(25)24-20(6)14-22(26(8)9)15-21(24)7/h10-16,25H,1-9H3. The van der Waals surface area contributed by atoms with Gasteiger partial charge >= 0.3 is 0 Å². The summed E-state index contributed by atoms with van der Waals surface area (Å²) in [5, 5.41) is 0. The minimum Gasteiger partial charge on any atom is -0.378 e. The van der Waals surface area contributed by atoms with Gasteiger partial charge in [-0.25, -0.2) is 0 Å². The molecule has 0 saturated carbocycles. The fourth-order valence-electron chi connectivity index (χ4n) is 4.69. The van der Waals surface area contributed by atoms with Crippen molar-refractivity contribution in [1.29, 1.82) is 0 Å². The Morgan fingerprint density at radius 3 is 1.46 bits per heavy atom. The molecule has 3 rings (SSSR count). The van der Waals surface area contributed by atoms with Crippen LogP contribution < -0.4 is 14.7 Å². The summed E-state index contributed by atoms with van der Waals surface area (Å²) in [6.07, 6.45) is 4.78. The number of hydrogen-bond acceptors (Lipinski definition) is 3. The highest BCUT2D eigenvalue weighted by Crippen LogP contribution is 2.39. The summed E-state index contributed by atoms with van der Waals surface area (Å²) in [7, 11) is 4.20. The van der Waals surface area contributed by atoms with Crippen molar-refractivity contribution >= 4 is 17.1 Å². The second kappa shape index (κ2) is 7.54. The Labute approximate surface area is 171 Å². The Balaban J connectivity index is 2.08. The summed E-state index contributed by atoms with van der Waals surface area (Å²) in [6.45, 7) is 15.7. The van der Waals surface area contributed by atoms with E-state index < -0.39 is 0 Å². The van der Waals surface area contributed by atoms with Gasteiger partial charge in [-0.05, 0) is 74.9 Å². The minimum atomic E-state index is 0.266. The van der Waals surface area contributed by atoms with E-state index in [1.54, 1.807) is 0 Å². The van der Waals surface area contributed by atoms with Gasteiger partial charge < -0.3 is 14.7 Å². The maximum atomic E-state index is 2.47. The average molecular weight is 378 g/mol. The molecule has 0 saturated heterocycles. The number of rotatable bonds is 4. The molecule has 1 heterocycles. The molecule has 0 aliphatic carbocycles. The highest BCUT2D eigenvalue weighted by atomic mass is 15.4. The quantitative estimate of drug-likeness (QED) is 0.640. The van der Waals surface area contributed by atoms with E-state index in [0.717, 1.165) is 0 Å². The summed E-state index contributed by atoms with van der Waals surface area (Å²) in [5.74, 6) is 0.474. The molecule has 1 aliphatic rings. The second-order valence-electron chi connectivity index (χ2n) is 8.84. The minimum absolute atomic E-state index is 0.266. The van der Waals surface area contributed by atoms with Crippen molar-refractivity contribution in [3.05, 3.63) is 64.5 Å². The molecule has 0 fully saturated rings. The molecule has 3 nitrogen and oxygen atoms in total. The maximum Gasteiger partial charge on any atom is 0.112 e. The van der Waals surface area contributed by atoms with Crippen LogP contribution in [0.1, 0.15) is 41.7 Å². The average Bonchev–Trinajstić information content (AvgIpc) is 2.97. The summed E-state index contributed by atoms with van der Waals surface area (Å²) in [6, 6.07) is 9.16. The van der Waals surface area contributed by atoms with Crippen LogP contribution in [0.2, 0.25) is 0 Å². The lowest BCUT2D eigenvalue weighted by molar-refractivity contribution is 0.499. The van der Waals surface area contributed by atoms with Gasteiger partial charge in [-0.2, -0.15) is 0 Å². The first-order chi connectivity index (χ1) is 13.1. The van der Waals surface area contributed by atoms with E-state index in [-0.39, 0.29) is 6.17 Å². The van der Waals surface area contributed by atoms with E-state index in [1.165, 1.54) is 44.9 Å². The second-order valence-corrected chi connectivity index (χ2v) is 8.84. The summed E-state index contributed by atoms with van der Waals surface area (Å²) in [5.41, 5.74) is 10.6. The van der Waals surface area contributed by atoms with E-state index in [2.05, 4.69) is 114 Å². The van der Waals surface area contributed by atoms with Gasteiger partial charge in [0.05, 0.1) is 0 Å². The molecule has 0 bridgehead atoms. The summed E-state index contributed by atoms with van der Waals surface area (Å²) < 4.78 is 0. The third-order valence-corrected chi connectivity index (χ3v) is 5.70. The van der Waals surface area contributed by atoms with Crippen LogP contribution in [0.5, 0.6) is 0 Å². The molecule has 1 unspecified atom stereocenters. The Hall–Kier alpha value is -2.42. The molecule has 3 heteroatoms. The first-order valence-electron chi connectivity index (χ1n) is 10.2. The molecule has 0 spiro atoms. The smallest absolute Gasteiger partial charge is 0.112 e. The van der Waals surface area contributed by atoms with Crippen LogP contribution in [0.3, 0.4) is 0 Å². The topological polar surface area (TPSA) is 9.72 Å². The van der Waals surface area contributed by atoms with Gasteiger partial charge in [-0.15, -0.1) is 0 Å². The van der Waals surface area contributed by atoms with Crippen LogP contribution in [0.4, 0.5) is 17.1 Å². The predicted molar refractivity (Wildman–Crippen MR) is 124 cm³/mol. The number of aryl methyl sites for hydroxylation is 5. The summed E-state index contributed by atoms with van der Waals surface area (Å²) in [4.78, 5) is 7.11. The molecular weight excluding hydrogens is 342 g/mol. The largest absolute Gasteiger partial charge is 0.378 e. The van der Waals surface area contributed by atoms with Crippen molar-refractivity contribution in [3.63, 3.8) is 0 Å². The van der Waals surface area contributed by atoms with Crippen molar-refractivity contribution in [2.24, 2.45) is 5.92 Å². The van der Waals surface area contributed by atoms with Crippen molar-refractivity contribution in [1.82, 2.24) is 0 Å². The number of benzene rings is 2. The number of anilines is 3. The van der Waals surface area contributed by atoms with Gasteiger partial charge in [0, 0.05) is 43.6 Å². The zero-order valence-electron chi connectivity index (χ0n) is 19.0. The Morgan fingerprint density at radius 2 is 1.11 bits per heavy atom. The van der Waals surface area contributed by atoms with Crippen molar-refractivity contribution in [3.8, 4) is 0 Å². The highest BCUT2D eigenvalue weighted by molar-refractivity contribution is 5.72. The summed E-state index contributed by atoms with van der Waals surface area (Å²) >= 11 is 0. The van der Waals surface area contributed by atoms with Gasteiger partial charge in [0.25, 0.3) is 0 Å². The van der Waals surface area contributed by atoms with E-state index in [4.69, 9.17) is 0 Å². The van der Waals surface area contributed by atoms with Gasteiger partial charge in [-0.1, -0.05) is 31.5 Å². The van der Waals surface area contributed by atoms with Crippen LogP contribution in [0, 0.1) is 40.5 Å². The predicted octanol–water partition coefficient (Wildman–Crippen LogP) is 6.07. The number of nitrogens with zero attached hydrogens (tertiary/aromatic N) is 3. The first-order valence-corrected chi connectivity index (χ1v) is 10.2. The van der Waals surface area contributed by atoms with Crippen molar-refractivity contribution in [2.45, 2.75) is 54.6 Å². The lowest BCUT2D eigenvalue weighted by Crippen LogP contribution is -2.44. The molecule has 2 aromatic carbocycles. The lowest BCUT2D eigenvalue weighted by atomic mass is 10.0. The van der Waals surface area contributed by atoms with Crippen LogP contribution in [-0.4, -0.2) is 20.3 Å². The third kappa shape index (κ3) is 3.50. The Morgan fingerprint density at radius 1 is 0.714 bits per heavy atom. The molecule has 0 radical (unpaired) electrons. The third-order valence-electron chi connectivity index (χ3n) is 5.70.